The fourth-order valence-corrected chi connectivity index (χ4v) is 2.60. The van der Waals surface area contributed by atoms with Crippen molar-refractivity contribution >= 4 is 5.91 Å². The third kappa shape index (κ3) is 3.81. The van der Waals surface area contributed by atoms with Gasteiger partial charge in [0, 0.05) is 12.6 Å². The van der Waals surface area contributed by atoms with E-state index in [0.717, 1.165) is 18.4 Å². The molecule has 1 amide bonds. The molecular weight excluding hydrogens is 266 g/mol. The molecule has 1 heterocycles. The second-order valence-electron chi connectivity index (χ2n) is 5.40. The summed E-state index contributed by atoms with van der Waals surface area (Å²) >= 11 is 0. The molecule has 5 heteroatoms. The van der Waals surface area contributed by atoms with E-state index in [1.165, 1.54) is 0 Å². The minimum Gasteiger partial charge on any atom is -0.387 e. The standard InChI is InChI=1S/C16H21N3O2/c1-12(16(21)13-6-3-2-4-7-13)18-11-15(20)19-9-5-8-14(19)10-17/h2-4,6-7,12,14,16,18,21H,5,8-9,11H2,1H3/t12-,14-,16-/m0/s1. The first-order valence-electron chi connectivity index (χ1n) is 7.29. The number of aliphatic hydroxyl groups is 1. The van der Waals surface area contributed by atoms with E-state index in [4.69, 9.17) is 5.26 Å². The van der Waals surface area contributed by atoms with Crippen LogP contribution in [0.2, 0.25) is 0 Å². The number of benzene rings is 1. The van der Waals surface area contributed by atoms with Crippen LogP contribution in [-0.4, -0.2) is 41.1 Å². The van der Waals surface area contributed by atoms with Gasteiger partial charge in [0.2, 0.25) is 5.91 Å². The molecule has 21 heavy (non-hydrogen) atoms. The first kappa shape index (κ1) is 15.5. The van der Waals surface area contributed by atoms with Gasteiger partial charge in [0.1, 0.15) is 6.04 Å². The van der Waals surface area contributed by atoms with Gasteiger partial charge in [-0.1, -0.05) is 30.3 Å². The molecule has 1 aliphatic rings. The molecule has 3 atom stereocenters. The van der Waals surface area contributed by atoms with E-state index in [0.29, 0.717) is 6.54 Å². The van der Waals surface area contributed by atoms with Crippen molar-refractivity contribution < 1.29 is 9.90 Å². The highest BCUT2D eigenvalue weighted by molar-refractivity contribution is 5.79. The summed E-state index contributed by atoms with van der Waals surface area (Å²) < 4.78 is 0. The highest BCUT2D eigenvalue weighted by Gasteiger charge is 2.28. The van der Waals surface area contributed by atoms with E-state index < -0.39 is 6.10 Å². The lowest BCUT2D eigenvalue weighted by Gasteiger charge is -2.23. The third-order valence-electron chi connectivity index (χ3n) is 3.91. The lowest BCUT2D eigenvalue weighted by Crippen LogP contribution is -2.44. The van der Waals surface area contributed by atoms with E-state index >= 15 is 0 Å². The van der Waals surface area contributed by atoms with Gasteiger partial charge < -0.3 is 15.3 Å². The summed E-state index contributed by atoms with van der Waals surface area (Å²) in [5.74, 6) is -0.0776. The Bertz CT molecular complexity index is 512. The zero-order valence-electron chi connectivity index (χ0n) is 12.2. The van der Waals surface area contributed by atoms with Crippen LogP contribution in [0.1, 0.15) is 31.4 Å². The minimum absolute atomic E-state index is 0.0776. The van der Waals surface area contributed by atoms with E-state index in [9.17, 15) is 9.90 Å². The van der Waals surface area contributed by atoms with Crippen molar-refractivity contribution in [3.63, 3.8) is 0 Å². The van der Waals surface area contributed by atoms with Crippen LogP contribution in [0.15, 0.2) is 30.3 Å². The summed E-state index contributed by atoms with van der Waals surface area (Å²) in [5.41, 5.74) is 0.820. The summed E-state index contributed by atoms with van der Waals surface area (Å²) in [4.78, 5) is 13.7. The number of nitrogens with one attached hydrogen (secondary N) is 1. The molecule has 0 aromatic heterocycles. The van der Waals surface area contributed by atoms with Gasteiger partial charge in [0.25, 0.3) is 0 Å². The molecular formula is C16H21N3O2. The maximum atomic E-state index is 12.1. The van der Waals surface area contributed by atoms with Crippen molar-refractivity contribution in [3.8, 4) is 6.07 Å². The van der Waals surface area contributed by atoms with Gasteiger partial charge in [-0.05, 0) is 25.3 Å². The Morgan fingerprint density at radius 3 is 2.90 bits per heavy atom. The molecule has 5 nitrogen and oxygen atoms in total. The van der Waals surface area contributed by atoms with Crippen molar-refractivity contribution in [3.05, 3.63) is 35.9 Å². The number of rotatable bonds is 5. The summed E-state index contributed by atoms with van der Waals surface area (Å²) in [6, 6.07) is 11.0. The molecule has 0 radical (unpaired) electrons. The Kier molecular flexibility index (Phi) is 5.32. The predicted octanol–water partition coefficient (Wildman–Crippen LogP) is 1.21. The van der Waals surface area contributed by atoms with Crippen LogP contribution in [0, 0.1) is 11.3 Å². The Labute approximate surface area is 125 Å². The van der Waals surface area contributed by atoms with Crippen LogP contribution in [-0.2, 0) is 4.79 Å². The number of aliphatic hydroxyl groups excluding tert-OH is 1. The average molecular weight is 287 g/mol. The molecule has 1 aromatic carbocycles. The quantitative estimate of drug-likeness (QED) is 0.853. The number of carbonyl (C=O) groups excluding carboxylic acids is 1. The number of nitrogens with zero attached hydrogens (tertiary/aromatic N) is 2. The lowest BCUT2D eigenvalue weighted by molar-refractivity contribution is -0.130. The summed E-state index contributed by atoms with van der Waals surface area (Å²) in [6.07, 6.45) is 0.973. The van der Waals surface area contributed by atoms with Crippen LogP contribution >= 0.6 is 0 Å². The molecule has 1 fully saturated rings. The molecule has 0 saturated carbocycles. The van der Waals surface area contributed by atoms with Crippen molar-refractivity contribution in [2.45, 2.75) is 38.0 Å². The van der Waals surface area contributed by atoms with Gasteiger partial charge in [-0.2, -0.15) is 5.26 Å². The molecule has 1 aromatic rings. The summed E-state index contributed by atoms with van der Waals surface area (Å²) in [7, 11) is 0. The molecule has 0 unspecified atom stereocenters. The van der Waals surface area contributed by atoms with Gasteiger partial charge in [-0.25, -0.2) is 0 Å². The lowest BCUT2D eigenvalue weighted by atomic mass is 10.0. The minimum atomic E-state index is -0.663. The molecule has 0 bridgehead atoms. The number of likely N-dealkylation sites (tertiary alicyclic amines) is 1. The van der Waals surface area contributed by atoms with Crippen molar-refractivity contribution in [1.29, 1.82) is 5.26 Å². The van der Waals surface area contributed by atoms with Gasteiger partial charge in [-0.3, -0.25) is 4.79 Å². The highest BCUT2D eigenvalue weighted by atomic mass is 16.3. The van der Waals surface area contributed by atoms with Crippen molar-refractivity contribution in [2.75, 3.05) is 13.1 Å². The fraction of sp³-hybridized carbons (Fsp3) is 0.500. The molecule has 1 saturated heterocycles. The van der Waals surface area contributed by atoms with E-state index in [1.807, 2.05) is 37.3 Å². The molecule has 1 aliphatic heterocycles. The number of carbonyl (C=O) groups is 1. The predicted molar refractivity (Wildman–Crippen MR) is 79.2 cm³/mol. The third-order valence-corrected chi connectivity index (χ3v) is 3.91. The summed E-state index contributed by atoms with van der Waals surface area (Å²) in [6.45, 7) is 2.63. The van der Waals surface area contributed by atoms with Gasteiger partial charge in [-0.15, -0.1) is 0 Å². The van der Waals surface area contributed by atoms with Crippen molar-refractivity contribution in [1.82, 2.24) is 10.2 Å². The zero-order valence-corrected chi connectivity index (χ0v) is 12.2. The molecule has 2 N–H and O–H groups in total. The SMILES string of the molecule is C[C@H](NCC(=O)N1CCC[C@H]1C#N)[C@H](O)c1ccccc1. The Hall–Kier alpha value is -1.90. The van der Waals surface area contributed by atoms with E-state index in [2.05, 4.69) is 11.4 Å². The smallest absolute Gasteiger partial charge is 0.237 e. The molecule has 112 valence electrons. The average Bonchev–Trinajstić information content (AvgIpc) is 3.01. The zero-order chi connectivity index (χ0) is 15.2. The number of hydrogen-bond donors (Lipinski definition) is 2. The van der Waals surface area contributed by atoms with Crippen LogP contribution in [0.5, 0.6) is 0 Å². The van der Waals surface area contributed by atoms with Crippen LogP contribution in [0.4, 0.5) is 0 Å². The first-order valence-corrected chi connectivity index (χ1v) is 7.29. The van der Waals surface area contributed by atoms with Gasteiger partial charge in [0.15, 0.2) is 0 Å². The second-order valence-corrected chi connectivity index (χ2v) is 5.40. The second kappa shape index (κ2) is 7.21. The number of hydrogen-bond acceptors (Lipinski definition) is 4. The van der Waals surface area contributed by atoms with E-state index in [1.54, 1.807) is 4.90 Å². The van der Waals surface area contributed by atoms with Crippen molar-refractivity contribution in [2.24, 2.45) is 0 Å². The van der Waals surface area contributed by atoms with Crippen LogP contribution < -0.4 is 5.32 Å². The van der Waals surface area contributed by atoms with E-state index in [-0.39, 0.29) is 24.5 Å². The Morgan fingerprint density at radius 1 is 1.52 bits per heavy atom. The number of nitriles is 1. The molecule has 0 aliphatic carbocycles. The first-order chi connectivity index (χ1) is 10.1. The fourth-order valence-electron chi connectivity index (χ4n) is 2.60. The highest BCUT2D eigenvalue weighted by Crippen LogP contribution is 2.18. The normalized spacial score (nSPS) is 20.8. The monoisotopic (exact) mass is 287 g/mol. The molecule has 2 rings (SSSR count). The maximum Gasteiger partial charge on any atom is 0.237 e. The van der Waals surface area contributed by atoms with Gasteiger partial charge in [0.05, 0.1) is 18.7 Å². The van der Waals surface area contributed by atoms with Crippen LogP contribution in [0.3, 0.4) is 0 Å². The maximum absolute atomic E-state index is 12.1. The van der Waals surface area contributed by atoms with Gasteiger partial charge >= 0.3 is 0 Å². The number of amides is 1. The Balaban J connectivity index is 1.85. The topological polar surface area (TPSA) is 76.4 Å². The summed E-state index contributed by atoms with van der Waals surface area (Å²) in [5, 5.41) is 22.3. The van der Waals surface area contributed by atoms with Crippen LogP contribution in [0.25, 0.3) is 0 Å². The largest absolute Gasteiger partial charge is 0.387 e. The Morgan fingerprint density at radius 2 is 2.24 bits per heavy atom. The molecule has 0 spiro atoms.